The summed E-state index contributed by atoms with van der Waals surface area (Å²) in [5, 5.41) is 19.3. The normalized spacial score (nSPS) is 42.1. The molecule has 0 bridgehead atoms. The molecule has 1 unspecified atom stereocenters. The van der Waals surface area contributed by atoms with Crippen molar-refractivity contribution < 1.29 is 14.9 Å². The van der Waals surface area contributed by atoms with E-state index in [0.717, 1.165) is 6.16 Å². The lowest BCUT2D eigenvalue weighted by atomic mass is 9.89. The van der Waals surface area contributed by atoms with E-state index in [2.05, 4.69) is 19.6 Å². The van der Waals surface area contributed by atoms with Gasteiger partial charge in [-0.25, -0.2) is 0 Å². The van der Waals surface area contributed by atoms with Crippen LogP contribution in [0.4, 0.5) is 0 Å². The average molecular weight is 230 g/mol. The summed E-state index contributed by atoms with van der Waals surface area (Å²) in [6, 6.07) is -0.781. The SMILES string of the molecule is [B][C@@H]1O[C@](C)(CCP(=C)(C)C)[C@@H](O)C1O. The second-order valence-electron chi connectivity index (χ2n) is 5.24. The molecule has 0 spiro atoms. The number of ether oxygens (including phenoxy) is 1. The smallest absolute Gasteiger partial charge is 0.112 e. The molecule has 1 heterocycles. The molecule has 1 rings (SSSR count). The molecule has 1 aliphatic heterocycles. The fraction of sp³-hybridized carbons (Fsp3) is 0.900. The molecule has 0 saturated carbocycles. The van der Waals surface area contributed by atoms with Crippen molar-refractivity contribution in [1.29, 1.82) is 0 Å². The summed E-state index contributed by atoms with van der Waals surface area (Å²) in [4.78, 5) is 0. The fourth-order valence-corrected chi connectivity index (χ4v) is 2.77. The Morgan fingerprint density at radius 2 is 2.00 bits per heavy atom. The maximum atomic E-state index is 9.82. The van der Waals surface area contributed by atoms with Gasteiger partial charge in [0.2, 0.25) is 0 Å². The second kappa shape index (κ2) is 4.25. The minimum absolute atomic E-state index is 0.684. The zero-order valence-electron chi connectivity index (χ0n) is 9.68. The van der Waals surface area contributed by atoms with Crippen molar-refractivity contribution in [2.24, 2.45) is 0 Å². The summed E-state index contributed by atoms with van der Waals surface area (Å²) in [7, 11) is 5.54. The number of aliphatic hydroxyl groups excluding tert-OH is 2. The molecule has 0 aromatic rings. The van der Waals surface area contributed by atoms with E-state index >= 15 is 0 Å². The zero-order valence-corrected chi connectivity index (χ0v) is 10.6. The molecule has 15 heavy (non-hydrogen) atoms. The van der Waals surface area contributed by atoms with Gasteiger partial charge in [0.1, 0.15) is 20.1 Å². The summed E-state index contributed by atoms with van der Waals surface area (Å²) in [6.45, 7) is 4.92. The first-order chi connectivity index (χ1) is 6.66. The van der Waals surface area contributed by atoms with Crippen LogP contribution in [0.1, 0.15) is 13.3 Å². The molecule has 5 heteroatoms. The van der Waals surface area contributed by atoms with Crippen LogP contribution in [0.25, 0.3) is 0 Å². The van der Waals surface area contributed by atoms with Gasteiger partial charge in [-0.2, -0.15) is 0 Å². The van der Waals surface area contributed by atoms with E-state index in [1.165, 1.54) is 0 Å². The highest BCUT2D eigenvalue weighted by Gasteiger charge is 2.48. The summed E-state index contributed by atoms with van der Waals surface area (Å²) in [5.41, 5.74) is -0.728. The predicted molar refractivity (Wildman–Crippen MR) is 66.4 cm³/mol. The third-order valence-electron chi connectivity index (χ3n) is 2.90. The van der Waals surface area contributed by atoms with E-state index in [1.807, 2.05) is 0 Å². The highest BCUT2D eigenvalue weighted by Crippen LogP contribution is 2.41. The van der Waals surface area contributed by atoms with Crippen LogP contribution in [0.2, 0.25) is 0 Å². The van der Waals surface area contributed by atoms with Crippen molar-refractivity contribution in [2.45, 2.75) is 37.2 Å². The van der Waals surface area contributed by atoms with E-state index in [1.54, 1.807) is 6.92 Å². The molecular weight excluding hydrogens is 210 g/mol. The number of aliphatic hydroxyl groups is 2. The van der Waals surface area contributed by atoms with Gasteiger partial charge in [0.05, 0.1) is 5.60 Å². The third-order valence-corrected chi connectivity index (χ3v) is 4.34. The lowest BCUT2D eigenvalue weighted by molar-refractivity contribution is -0.0570. The van der Waals surface area contributed by atoms with Gasteiger partial charge < -0.3 is 14.9 Å². The molecular formula is C10H20BO3P. The van der Waals surface area contributed by atoms with Crippen molar-refractivity contribution in [2.75, 3.05) is 19.5 Å². The first kappa shape index (κ1) is 13.3. The Bertz CT molecular complexity index is 278. The molecule has 0 aromatic carbocycles. The maximum absolute atomic E-state index is 9.82. The van der Waals surface area contributed by atoms with Crippen LogP contribution in [-0.4, -0.2) is 67.7 Å². The standard InChI is InChI=1S/C10H20BO3P/c1-10(5-6-15(2,3)4)8(13)7(12)9(11)14-10/h7-9,12-13H,2,5-6H2,1,3-4H3/t7?,8-,9+,10+/m0/s1. The monoisotopic (exact) mass is 230 g/mol. The van der Waals surface area contributed by atoms with Gasteiger partial charge in [0.15, 0.2) is 0 Å². The summed E-state index contributed by atoms with van der Waals surface area (Å²) in [6.07, 6.45) is 3.82. The topological polar surface area (TPSA) is 49.7 Å². The Labute approximate surface area is 93.2 Å². The Morgan fingerprint density at radius 3 is 2.33 bits per heavy atom. The summed E-state index contributed by atoms with van der Waals surface area (Å²) >= 11 is 0. The van der Waals surface area contributed by atoms with Gasteiger partial charge in [-0.1, -0.05) is 0 Å². The lowest BCUT2D eigenvalue weighted by Gasteiger charge is -2.29. The Hall–Kier alpha value is 0.245. The van der Waals surface area contributed by atoms with Crippen LogP contribution in [-0.2, 0) is 4.74 Å². The molecule has 0 aliphatic carbocycles. The molecule has 0 aromatic heterocycles. The van der Waals surface area contributed by atoms with Gasteiger partial charge >= 0.3 is 0 Å². The molecule has 4 atom stereocenters. The van der Waals surface area contributed by atoms with E-state index < -0.39 is 30.7 Å². The van der Waals surface area contributed by atoms with Gasteiger partial charge in [-0.3, -0.25) is 0 Å². The number of rotatable bonds is 3. The van der Waals surface area contributed by atoms with Crippen LogP contribution >= 0.6 is 6.89 Å². The molecule has 3 nitrogen and oxygen atoms in total. The highest BCUT2D eigenvalue weighted by molar-refractivity contribution is 7.72. The summed E-state index contributed by atoms with van der Waals surface area (Å²) in [5.74, 6) is 0. The minimum Gasteiger partial charge on any atom is -0.388 e. The van der Waals surface area contributed by atoms with Gasteiger partial charge in [-0.15, -0.1) is 13.2 Å². The number of hydrogen-bond acceptors (Lipinski definition) is 3. The summed E-state index contributed by atoms with van der Waals surface area (Å²) < 4.78 is 5.44. The molecule has 0 amide bonds. The Kier molecular flexibility index (Phi) is 3.77. The second-order valence-corrected chi connectivity index (χ2v) is 9.56. The van der Waals surface area contributed by atoms with Crippen LogP contribution in [0, 0.1) is 0 Å². The van der Waals surface area contributed by atoms with Gasteiger partial charge in [0.25, 0.3) is 0 Å². The van der Waals surface area contributed by atoms with Crippen molar-refractivity contribution in [3.8, 4) is 0 Å². The van der Waals surface area contributed by atoms with E-state index in [0.29, 0.717) is 6.42 Å². The van der Waals surface area contributed by atoms with E-state index in [4.69, 9.17) is 12.6 Å². The highest BCUT2D eigenvalue weighted by atomic mass is 31.2. The molecule has 1 saturated heterocycles. The first-order valence-electron chi connectivity index (χ1n) is 5.13. The first-order valence-corrected chi connectivity index (χ1v) is 8.18. The van der Waals surface area contributed by atoms with Crippen molar-refractivity contribution in [1.82, 2.24) is 0 Å². The molecule has 2 radical (unpaired) electrons. The largest absolute Gasteiger partial charge is 0.388 e. The van der Waals surface area contributed by atoms with Gasteiger partial charge in [0, 0.05) is 6.00 Å². The van der Waals surface area contributed by atoms with Crippen LogP contribution in [0.3, 0.4) is 0 Å². The van der Waals surface area contributed by atoms with E-state index in [-0.39, 0.29) is 0 Å². The van der Waals surface area contributed by atoms with Crippen molar-refractivity contribution >= 4 is 21.0 Å². The fourth-order valence-electron chi connectivity index (χ4n) is 1.72. The minimum atomic E-state index is -1.14. The Balaban J connectivity index is 2.64. The number of hydrogen-bond donors (Lipinski definition) is 2. The van der Waals surface area contributed by atoms with Crippen LogP contribution < -0.4 is 0 Å². The third kappa shape index (κ3) is 3.10. The molecule has 1 aliphatic rings. The van der Waals surface area contributed by atoms with Crippen molar-refractivity contribution in [3.05, 3.63) is 0 Å². The lowest BCUT2D eigenvalue weighted by Crippen LogP contribution is -2.41. The van der Waals surface area contributed by atoms with E-state index in [9.17, 15) is 10.2 Å². The maximum Gasteiger partial charge on any atom is 0.112 e. The van der Waals surface area contributed by atoms with Crippen LogP contribution in [0.5, 0.6) is 0 Å². The predicted octanol–water partition coefficient (Wildman–Crippen LogP) is 0.0910. The van der Waals surface area contributed by atoms with Crippen molar-refractivity contribution in [3.63, 3.8) is 0 Å². The molecule has 1 fully saturated rings. The van der Waals surface area contributed by atoms with Crippen LogP contribution in [0.15, 0.2) is 0 Å². The Morgan fingerprint density at radius 1 is 1.47 bits per heavy atom. The quantitative estimate of drug-likeness (QED) is 0.533. The zero-order chi connectivity index (χ0) is 11.9. The average Bonchev–Trinajstić information content (AvgIpc) is 2.27. The molecule has 2 N–H and O–H groups in total. The molecule has 86 valence electrons. The van der Waals surface area contributed by atoms with Gasteiger partial charge in [-0.05, 0) is 32.8 Å².